The summed E-state index contributed by atoms with van der Waals surface area (Å²) in [6.45, 7) is 4.31. The highest BCUT2D eigenvalue weighted by atomic mass is 32.1. The molecule has 0 radical (unpaired) electrons. The average Bonchev–Trinajstić information content (AvgIpc) is 3.49. The lowest BCUT2D eigenvalue weighted by molar-refractivity contribution is -0.116. The molecular weight excluding hydrogens is 432 g/mol. The van der Waals surface area contributed by atoms with Crippen LogP contribution in [-0.2, 0) is 16.1 Å². The second kappa shape index (κ2) is 10.6. The van der Waals surface area contributed by atoms with Crippen LogP contribution in [0.1, 0.15) is 21.7 Å². The van der Waals surface area contributed by atoms with E-state index in [0.717, 1.165) is 54.0 Å². The molecule has 31 heavy (non-hydrogen) atoms. The lowest BCUT2D eigenvalue weighted by Crippen LogP contribution is -2.38. The van der Waals surface area contributed by atoms with Gasteiger partial charge in [-0.05, 0) is 29.1 Å². The molecule has 4 rings (SSSR count). The van der Waals surface area contributed by atoms with Crippen LogP contribution in [0.4, 0.5) is 5.69 Å². The number of ether oxygens (including phenoxy) is 1. The zero-order valence-electron chi connectivity index (χ0n) is 17.0. The third-order valence-corrected chi connectivity index (χ3v) is 6.92. The summed E-state index contributed by atoms with van der Waals surface area (Å²) in [5.74, 6) is -0.168. The number of hydrogen-bond donors (Lipinski definition) is 2. The van der Waals surface area contributed by atoms with E-state index in [0.29, 0.717) is 17.8 Å². The fraction of sp³-hybridized carbons (Fsp3) is 0.318. The molecule has 0 saturated carbocycles. The molecule has 1 aliphatic heterocycles. The summed E-state index contributed by atoms with van der Waals surface area (Å²) < 4.78 is 5.33. The van der Waals surface area contributed by atoms with Gasteiger partial charge in [0.25, 0.3) is 5.91 Å². The number of anilines is 1. The molecule has 1 aliphatic rings. The van der Waals surface area contributed by atoms with E-state index in [1.807, 2.05) is 41.8 Å². The van der Waals surface area contributed by atoms with Gasteiger partial charge in [-0.3, -0.25) is 14.5 Å². The summed E-state index contributed by atoms with van der Waals surface area (Å²) in [4.78, 5) is 33.0. The van der Waals surface area contributed by atoms with Gasteiger partial charge in [-0.25, -0.2) is 4.98 Å². The fourth-order valence-electron chi connectivity index (χ4n) is 3.23. The summed E-state index contributed by atoms with van der Waals surface area (Å²) >= 11 is 2.98. The van der Waals surface area contributed by atoms with Gasteiger partial charge < -0.3 is 15.4 Å². The van der Waals surface area contributed by atoms with Crippen LogP contribution in [0, 0.1) is 0 Å². The van der Waals surface area contributed by atoms with Crippen molar-refractivity contribution in [3.63, 3.8) is 0 Å². The number of thiophene rings is 1. The number of morpholine rings is 1. The Bertz CT molecular complexity index is 1010. The Morgan fingerprint density at radius 3 is 2.84 bits per heavy atom. The molecule has 162 valence electrons. The molecule has 1 fully saturated rings. The first-order valence-electron chi connectivity index (χ1n) is 10.1. The predicted molar refractivity (Wildman–Crippen MR) is 124 cm³/mol. The number of aromatic nitrogens is 1. The third-order valence-electron chi connectivity index (χ3n) is 4.88. The zero-order chi connectivity index (χ0) is 21.5. The fourth-order valence-corrected chi connectivity index (χ4v) is 4.87. The van der Waals surface area contributed by atoms with Gasteiger partial charge in [-0.1, -0.05) is 18.2 Å². The van der Waals surface area contributed by atoms with Crippen molar-refractivity contribution in [3.05, 3.63) is 58.4 Å². The third kappa shape index (κ3) is 6.20. The first kappa shape index (κ1) is 21.6. The van der Waals surface area contributed by atoms with Crippen molar-refractivity contribution in [3.8, 4) is 9.88 Å². The maximum atomic E-state index is 12.5. The van der Waals surface area contributed by atoms with E-state index in [1.54, 1.807) is 17.5 Å². The highest BCUT2D eigenvalue weighted by molar-refractivity contribution is 7.21. The molecule has 0 aliphatic carbocycles. The number of hydrogen-bond acceptors (Lipinski definition) is 7. The first-order chi connectivity index (χ1) is 15.2. The van der Waals surface area contributed by atoms with Crippen molar-refractivity contribution in [1.29, 1.82) is 0 Å². The maximum absolute atomic E-state index is 12.5. The number of thiazole rings is 1. The standard InChI is InChI=1S/C22H24N4O3S2/c27-20(6-7-26-8-10-29-11-9-26)25-17-4-1-3-16(13-17)14-23-21(28)19-15-24-22(31-19)18-5-2-12-30-18/h1-5,12-13,15H,6-11,14H2,(H,23,28)(H,25,27). The molecule has 1 saturated heterocycles. The Hall–Kier alpha value is -2.59. The molecule has 2 amide bonds. The molecule has 0 unspecified atom stereocenters. The molecule has 1 aromatic carbocycles. The van der Waals surface area contributed by atoms with Crippen LogP contribution in [0.2, 0.25) is 0 Å². The normalized spacial score (nSPS) is 14.3. The second-order valence-corrected chi connectivity index (χ2v) is 9.12. The highest BCUT2D eigenvalue weighted by Crippen LogP contribution is 2.28. The minimum absolute atomic E-state index is 0.0153. The number of amides is 2. The van der Waals surface area contributed by atoms with Crippen LogP contribution in [0.3, 0.4) is 0 Å². The van der Waals surface area contributed by atoms with E-state index in [9.17, 15) is 9.59 Å². The Balaban J connectivity index is 1.26. The lowest BCUT2D eigenvalue weighted by atomic mass is 10.2. The molecule has 3 heterocycles. The van der Waals surface area contributed by atoms with Crippen molar-refractivity contribution in [2.75, 3.05) is 38.2 Å². The lowest BCUT2D eigenvalue weighted by Gasteiger charge is -2.26. The average molecular weight is 457 g/mol. The molecule has 0 atom stereocenters. The number of carbonyl (C=O) groups is 2. The van der Waals surface area contributed by atoms with E-state index in [4.69, 9.17) is 4.74 Å². The van der Waals surface area contributed by atoms with Crippen LogP contribution in [0.5, 0.6) is 0 Å². The summed E-state index contributed by atoms with van der Waals surface area (Å²) in [7, 11) is 0. The van der Waals surface area contributed by atoms with Crippen molar-refractivity contribution in [2.24, 2.45) is 0 Å². The van der Waals surface area contributed by atoms with Crippen LogP contribution in [0.25, 0.3) is 9.88 Å². The molecule has 9 heteroatoms. The molecule has 0 bridgehead atoms. The quantitative estimate of drug-likeness (QED) is 0.542. The predicted octanol–water partition coefficient (Wildman–Crippen LogP) is 3.46. The van der Waals surface area contributed by atoms with Gasteiger partial charge in [0.15, 0.2) is 0 Å². The van der Waals surface area contributed by atoms with Crippen molar-refractivity contribution >= 4 is 40.2 Å². The molecule has 0 spiro atoms. The van der Waals surface area contributed by atoms with Crippen LogP contribution in [0.15, 0.2) is 48.0 Å². The van der Waals surface area contributed by atoms with Crippen molar-refractivity contribution in [1.82, 2.24) is 15.2 Å². The topological polar surface area (TPSA) is 83.6 Å². The summed E-state index contributed by atoms with van der Waals surface area (Å²) in [6, 6.07) is 11.5. The number of nitrogens with zero attached hydrogens (tertiary/aromatic N) is 2. The molecule has 7 nitrogen and oxygen atoms in total. The maximum Gasteiger partial charge on any atom is 0.263 e. The Labute approximate surface area is 189 Å². The number of nitrogens with one attached hydrogen (secondary N) is 2. The molecule has 3 aromatic rings. The first-order valence-corrected chi connectivity index (χ1v) is 11.8. The van der Waals surface area contributed by atoms with Crippen molar-refractivity contribution < 1.29 is 14.3 Å². The second-order valence-electron chi connectivity index (χ2n) is 7.14. The largest absolute Gasteiger partial charge is 0.379 e. The summed E-state index contributed by atoms with van der Waals surface area (Å²) in [5.41, 5.74) is 1.65. The van der Waals surface area contributed by atoms with Gasteiger partial charge in [-0.15, -0.1) is 22.7 Å². The van der Waals surface area contributed by atoms with Gasteiger partial charge in [0.1, 0.15) is 9.88 Å². The Kier molecular flexibility index (Phi) is 7.42. The van der Waals surface area contributed by atoms with E-state index < -0.39 is 0 Å². The molecule has 2 aromatic heterocycles. The number of benzene rings is 1. The van der Waals surface area contributed by atoms with Crippen LogP contribution in [-0.4, -0.2) is 54.5 Å². The van der Waals surface area contributed by atoms with Crippen LogP contribution >= 0.6 is 22.7 Å². The number of rotatable bonds is 8. The number of carbonyl (C=O) groups excluding carboxylic acids is 2. The SMILES string of the molecule is O=C(CCN1CCOCC1)Nc1cccc(CNC(=O)c2cnc(-c3cccs3)s2)c1. The minimum atomic E-state index is -0.153. The Morgan fingerprint density at radius 2 is 2.03 bits per heavy atom. The minimum Gasteiger partial charge on any atom is -0.379 e. The van der Waals surface area contributed by atoms with E-state index >= 15 is 0 Å². The monoisotopic (exact) mass is 456 g/mol. The van der Waals surface area contributed by atoms with Gasteiger partial charge in [0.2, 0.25) is 5.91 Å². The van der Waals surface area contributed by atoms with E-state index in [-0.39, 0.29) is 11.8 Å². The van der Waals surface area contributed by atoms with E-state index in [1.165, 1.54) is 11.3 Å². The molecular formula is C22H24N4O3S2. The molecule has 2 N–H and O–H groups in total. The van der Waals surface area contributed by atoms with Gasteiger partial charge in [0.05, 0.1) is 24.3 Å². The highest BCUT2D eigenvalue weighted by Gasteiger charge is 2.13. The summed E-state index contributed by atoms with van der Waals surface area (Å²) in [6.07, 6.45) is 2.05. The van der Waals surface area contributed by atoms with Crippen molar-refractivity contribution in [2.45, 2.75) is 13.0 Å². The van der Waals surface area contributed by atoms with Gasteiger partial charge in [0, 0.05) is 38.3 Å². The summed E-state index contributed by atoms with van der Waals surface area (Å²) in [5, 5.41) is 8.71. The van der Waals surface area contributed by atoms with E-state index in [2.05, 4.69) is 20.5 Å². The van der Waals surface area contributed by atoms with Gasteiger partial charge in [-0.2, -0.15) is 0 Å². The smallest absolute Gasteiger partial charge is 0.263 e. The Morgan fingerprint density at radius 1 is 1.16 bits per heavy atom. The van der Waals surface area contributed by atoms with Gasteiger partial charge >= 0.3 is 0 Å². The van der Waals surface area contributed by atoms with Crippen LogP contribution < -0.4 is 10.6 Å². The zero-order valence-corrected chi connectivity index (χ0v) is 18.6.